The van der Waals surface area contributed by atoms with Crippen molar-refractivity contribution in [3.63, 3.8) is 0 Å². The molecule has 0 radical (unpaired) electrons. The maximum absolute atomic E-state index is 12.2. The Morgan fingerprint density at radius 1 is 0.607 bits per heavy atom. The molecule has 0 saturated heterocycles. The van der Waals surface area contributed by atoms with Gasteiger partial charge in [0.15, 0.2) is 0 Å². The lowest BCUT2D eigenvalue weighted by Crippen LogP contribution is -2.16. The first-order chi connectivity index (χ1) is 13.4. The number of rotatable bonds is 7. The molecule has 0 heterocycles. The third-order valence-electron chi connectivity index (χ3n) is 4.05. The van der Waals surface area contributed by atoms with Gasteiger partial charge in [-0.05, 0) is 46.5 Å². The van der Waals surface area contributed by atoms with Gasteiger partial charge in [0.2, 0.25) is 0 Å². The Labute approximate surface area is 161 Å². The van der Waals surface area contributed by atoms with Crippen molar-refractivity contribution >= 4 is 0 Å². The van der Waals surface area contributed by atoms with E-state index in [0.29, 0.717) is 13.2 Å². The average molecular weight is 388 g/mol. The van der Waals surface area contributed by atoms with E-state index in [2.05, 4.69) is 4.74 Å². The quantitative estimate of drug-likeness (QED) is 0.469. The summed E-state index contributed by atoms with van der Waals surface area (Å²) in [6, 6.07) is 21.3. The SMILES string of the molecule is COCCOc1ccc(-c2ccc(-c3ccc(OC(F)(F)F)cc3)cc2)cc1. The zero-order valence-corrected chi connectivity index (χ0v) is 15.2. The fourth-order valence-electron chi connectivity index (χ4n) is 2.69. The molecule has 0 bridgehead atoms. The van der Waals surface area contributed by atoms with E-state index in [1.54, 1.807) is 19.2 Å². The summed E-state index contributed by atoms with van der Waals surface area (Å²) in [7, 11) is 1.63. The Kier molecular flexibility index (Phi) is 6.21. The van der Waals surface area contributed by atoms with Crippen LogP contribution in [0.5, 0.6) is 11.5 Å². The highest BCUT2D eigenvalue weighted by Crippen LogP contribution is 2.29. The van der Waals surface area contributed by atoms with Gasteiger partial charge in [-0.25, -0.2) is 0 Å². The highest BCUT2D eigenvalue weighted by Gasteiger charge is 2.30. The second kappa shape index (κ2) is 8.80. The molecule has 3 rings (SSSR count). The van der Waals surface area contributed by atoms with E-state index < -0.39 is 6.36 Å². The molecule has 0 aliphatic heterocycles. The summed E-state index contributed by atoms with van der Waals surface area (Å²) in [4.78, 5) is 0. The molecule has 3 nitrogen and oxygen atoms in total. The van der Waals surface area contributed by atoms with Crippen LogP contribution in [0.15, 0.2) is 72.8 Å². The predicted molar refractivity (Wildman–Crippen MR) is 101 cm³/mol. The highest BCUT2D eigenvalue weighted by molar-refractivity contribution is 5.71. The molecule has 0 aliphatic rings. The van der Waals surface area contributed by atoms with Crippen molar-refractivity contribution in [2.24, 2.45) is 0 Å². The van der Waals surface area contributed by atoms with Gasteiger partial charge >= 0.3 is 6.36 Å². The summed E-state index contributed by atoms with van der Waals surface area (Å²) < 4.78 is 51.1. The van der Waals surface area contributed by atoms with Crippen LogP contribution in [0.1, 0.15) is 0 Å². The lowest BCUT2D eigenvalue weighted by molar-refractivity contribution is -0.274. The van der Waals surface area contributed by atoms with Crippen LogP contribution in [0, 0.1) is 0 Å². The second-order valence-corrected chi connectivity index (χ2v) is 6.02. The maximum Gasteiger partial charge on any atom is 0.573 e. The van der Waals surface area contributed by atoms with E-state index in [1.165, 1.54) is 12.1 Å². The molecule has 0 spiro atoms. The minimum atomic E-state index is -4.69. The molecule has 0 aliphatic carbocycles. The number of hydrogen-bond donors (Lipinski definition) is 0. The number of methoxy groups -OCH3 is 1. The number of alkyl halides is 3. The normalized spacial score (nSPS) is 11.3. The molecule has 28 heavy (non-hydrogen) atoms. The second-order valence-electron chi connectivity index (χ2n) is 6.02. The van der Waals surface area contributed by atoms with E-state index in [0.717, 1.165) is 28.0 Å². The maximum atomic E-state index is 12.2. The van der Waals surface area contributed by atoms with Gasteiger partial charge in [0.1, 0.15) is 18.1 Å². The molecular formula is C22H19F3O3. The number of ether oxygens (including phenoxy) is 3. The Bertz CT molecular complexity index is 871. The largest absolute Gasteiger partial charge is 0.573 e. The van der Waals surface area contributed by atoms with Crippen molar-refractivity contribution in [2.45, 2.75) is 6.36 Å². The van der Waals surface area contributed by atoms with Gasteiger partial charge in [-0.2, -0.15) is 0 Å². The van der Waals surface area contributed by atoms with E-state index in [4.69, 9.17) is 9.47 Å². The average Bonchev–Trinajstić information content (AvgIpc) is 2.68. The van der Waals surface area contributed by atoms with Gasteiger partial charge in [-0.1, -0.05) is 48.5 Å². The predicted octanol–water partition coefficient (Wildman–Crippen LogP) is 5.94. The molecule has 0 atom stereocenters. The zero-order valence-electron chi connectivity index (χ0n) is 15.2. The van der Waals surface area contributed by atoms with Crippen LogP contribution in [-0.2, 0) is 4.74 Å². The van der Waals surface area contributed by atoms with Crippen molar-refractivity contribution < 1.29 is 27.4 Å². The molecule has 6 heteroatoms. The molecule has 3 aromatic carbocycles. The Hall–Kier alpha value is -2.99. The summed E-state index contributed by atoms with van der Waals surface area (Å²) in [6.07, 6.45) is -4.69. The summed E-state index contributed by atoms with van der Waals surface area (Å²) in [6.45, 7) is 1.03. The number of halogens is 3. The fourth-order valence-corrected chi connectivity index (χ4v) is 2.69. The lowest BCUT2D eigenvalue weighted by Gasteiger charge is -2.10. The van der Waals surface area contributed by atoms with E-state index in [-0.39, 0.29) is 5.75 Å². The van der Waals surface area contributed by atoms with Gasteiger partial charge in [0, 0.05) is 7.11 Å². The molecular weight excluding hydrogens is 369 g/mol. The zero-order chi connectivity index (χ0) is 20.0. The molecule has 0 saturated carbocycles. The van der Waals surface area contributed by atoms with Crippen LogP contribution in [0.3, 0.4) is 0 Å². The van der Waals surface area contributed by atoms with Crippen LogP contribution < -0.4 is 9.47 Å². The molecule has 0 N–H and O–H groups in total. The molecule has 0 amide bonds. The van der Waals surface area contributed by atoms with Crippen LogP contribution >= 0.6 is 0 Å². The third-order valence-corrected chi connectivity index (χ3v) is 4.05. The van der Waals surface area contributed by atoms with Crippen LogP contribution in [0.4, 0.5) is 13.2 Å². The van der Waals surface area contributed by atoms with E-state index in [9.17, 15) is 13.2 Å². The van der Waals surface area contributed by atoms with Gasteiger partial charge in [-0.15, -0.1) is 13.2 Å². The van der Waals surface area contributed by atoms with Crippen molar-refractivity contribution in [1.82, 2.24) is 0 Å². The Balaban J connectivity index is 1.68. The highest BCUT2D eigenvalue weighted by atomic mass is 19.4. The van der Waals surface area contributed by atoms with Crippen molar-refractivity contribution in [1.29, 1.82) is 0 Å². The minimum absolute atomic E-state index is 0.235. The molecule has 0 unspecified atom stereocenters. The van der Waals surface area contributed by atoms with Gasteiger partial charge in [0.25, 0.3) is 0 Å². The smallest absolute Gasteiger partial charge is 0.491 e. The van der Waals surface area contributed by atoms with E-state index in [1.807, 2.05) is 48.5 Å². The molecule has 0 fully saturated rings. The minimum Gasteiger partial charge on any atom is -0.491 e. The van der Waals surface area contributed by atoms with Gasteiger partial charge in [-0.3, -0.25) is 0 Å². The summed E-state index contributed by atoms with van der Waals surface area (Å²) in [5.41, 5.74) is 3.79. The first-order valence-corrected chi connectivity index (χ1v) is 8.63. The van der Waals surface area contributed by atoms with Crippen molar-refractivity contribution in [3.8, 4) is 33.8 Å². The third kappa shape index (κ3) is 5.50. The lowest BCUT2D eigenvalue weighted by atomic mass is 10.0. The van der Waals surface area contributed by atoms with Gasteiger partial charge in [0.05, 0.1) is 6.61 Å². The first kappa shape index (κ1) is 19.8. The molecule has 3 aromatic rings. The van der Waals surface area contributed by atoms with Gasteiger partial charge < -0.3 is 14.2 Å². The summed E-state index contributed by atoms with van der Waals surface area (Å²) in [5, 5.41) is 0. The van der Waals surface area contributed by atoms with Crippen LogP contribution in [-0.4, -0.2) is 26.7 Å². The van der Waals surface area contributed by atoms with Crippen molar-refractivity contribution in [3.05, 3.63) is 72.8 Å². The number of hydrogen-bond acceptors (Lipinski definition) is 3. The fraction of sp³-hybridized carbons (Fsp3) is 0.182. The summed E-state index contributed by atoms with van der Waals surface area (Å²) in [5.74, 6) is 0.541. The summed E-state index contributed by atoms with van der Waals surface area (Å²) >= 11 is 0. The molecule has 146 valence electrons. The van der Waals surface area contributed by atoms with Crippen LogP contribution in [0.2, 0.25) is 0 Å². The topological polar surface area (TPSA) is 27.7 Å². The standard InChI is InChI=1S/C22H19F3O3/c1-26-14-15-27-20-10-6-18(7-11-20)16-2-4-17(5-3-16)19-8-12-21(13-9-19)28-22(23,24)25/h2-13H,14-15H2,1H3. The van der Waals surface area contributed by atoms with Crippen molar-refractivity contribution in [2.75, 3.05) is 20.3 Å². The van der Waals surface area contributed by atoms with E-state index >= 15 is 0 Å². The Morgan fingerprint density at radius 3 is 1.39 bits per heavy atom. The number of benzene rings is 3. The monoisotopic (exact) mass is 388 g/mol. The van der Waals surface area contributed by atoms with Crippen LogP contribution in [0.25, 0.3) is 22.3 Å². The molecule has 0 aromatic heterocycles. The first-order valence-electron chi connectivity index (χ1n) is 8.63. The Morgan fingerprint density at radius 2 is 1.00 bits per heavy atom.